The van der Waals surface area contributed by atoms with Crippen molar-refractivity contribution in [2.24, 2.45) is 0 Å². The molecule has 1 aliphatic rings. The summed E-state index contributed by atoms with van der Waals surface area (Å²) in [7, 11) is 2.02. The van der Waals surface area contributed by atoms with E-state index in [0.717, 1.165) is 13.0 Å². The average Bonchev–Trinajstić information content (AvgIpc) is 2.02. The molecule has 0 aromatic carbocycles. The zero-order valence-electron chi connectivity index (χ0n) is 8.46. The Morgan fingerprint density at radius 1 is 1.58 bits per heavy atom. The summed E-state index contributed by atoms with van der Waals surface area (Å²) in [6.07, 6.45) is 1.03. The molecule has 1 rings (SSSR count). The maximum absolute atomic E-state index is 9.43. The summed E-state index contributed by atoms with van der Waals surface area (Å²) in [4.78, 5) is 2.13. The van der Waals surface area contributed by atoms with Gasteiger partial charge in [0.25, 0.3) is 0 Å². The molecule has 3 heteroatoms. The van der Waals surface area contributed by atoms with Gasteiger partial charge in [-0.3, -0.25) is 10.2 Å². The summed E-state index contributed by atoms with van der Waals surface area (Å²) >= 11 is 0. The Kier molecular flexibility index (Phi) is 2.76. The summed E-state index contributed by atoms with van der Waals surface area (Å²) in [6.45, 7) is 7.26. The largest absolute Gasteiger partial charge is 0.389 e. The van der Waals surface area contributed by atoms with Gasteiger partial charge in [0, 0.05) is 12.1 Å². The highest BCUT2D eigenvalue weighted by Gasteiger charge is 2.37. The Hall–Kier alpha value is -0.120. The molecular formula is C9H20N2O. The molecule has 2 unspecified atom stereocenters. The third kappa shape index (κ3) is 1.97. The Bertz CT molecular complexity index is 151. The number of aliphatic hydroxyl groups excluding tert-OH is 1. The molecule has 1 aliphatic heterocycles. The van der Waals surface area contributed by atoms with Crippen LogP contribution in [0.1, 0.15) is 27.2 Å². The van der Waals surface area contributed by atoms with Crippen LogP contribution in [-0.2, 0) is 0 Å². The number of nitrogens with zero attached hydrogens (tertiary/aromatic N) is 1. The predicted molar refractivity (Wildman–Crippen MR) is 49.9 cm³/mol. The third-order valence-corrected chi connectivity index (χ3v) is 2.74. The van der Waals surface area contributed by atoms with E-state index in [9.17, 15) is 5.11 Å². The van der Waals surface area contributed by atoms with Crippen molar-refractivity contribution in [1.82, 2.24) is 10.2 Å². The molecular weight excluding hydrogens is 152 g/mol. The first-order chi connectivity index (χ1) is 5.46. The maximum Gasteiger partial charge on any atom is 0.0953 e. The van der Waals surface area contributed by atoms with Gasteiger partial charge in [-0.05, 0) is 27.3 Å². The summed E-state index contributed by atoms with van der Waals surface area (Å²) in [5, 5.41) is 12.9. The van der Waals surface area contributed by atoms with Gasteiger partial charge >= 0.3 is 0 Å². The van der Waals surface area contributed by atoms with Gasteiger partial charge in [0.2, 0.25) is 0 Å². The first-order valence-corrected chi connectivity index (χ1v) is 4.62. The molecule has 0 saturated carbocycles. The maximum atomic E-state index is 9.43. The topological polar surface area (TPSA) is 35.5 Å². The van der Waals surface area contributed by atoms with Crippen LogP contribution in [0.4, 0.5) is 0 Å². The number of hydrogen-bond acceptors (Lipinski definition) is 3. The lowest BCUT2D eigenvalue weighted by atomic mass is 9.98. The van der Waals surface area contributed by atoms with Gasteiger partial charge in [-0.25, -0.2) is 0 Å². The molecule has 0 radical (unpaired) electrons. The van der Waals surface area contributed by atoms with Crippen LogP contribution < -0.4 is 5.32 Å². The Morgan fingerprint density at radius 3 is 2.50 bits per heavy atom. The minimum atomic E-state index is -0.194. The number of nitrogens with one attached hydrogen (secondary N) is 1. The predicted octanol–water partition coefficient (Wildman–Crippen LogP) is 0.397. The monoisotopic (exact) mass is 172 g/mol. The Balaban J connectivity index is 2.40. The molecule has 1 fully saturated rings. The lowest BCUT2D eigenvalue weighted by Crippen LogP contribution is -2.68. The van der Waals surface area contributed by atoms with E-state index in [1.165, 1.54) is 0 Å². The van der Waals surface area contributed by atoms with Gasteiger partial charge in [-0.2, -0.15) is 0 Å². The van der Waals surface area contributed by atoms with Crippen molar-refractivity contribution in [1.29, 1.82) is 0 Å². The molecule has 1 heterocycles. The highest BCUT2D eigenvalue weighted by molar-refractivity contribution is 4.92. The van der Waals surface area contributed by atoms with Crippen LogP contribution >= 0.6 is 0 Å². The quantitative estimate of drug-likeness (QED) is 0.647. The van der Waals surface area contributed by atoms with Gasteiger partial charge in [-0.15, -0.1) is 0 Å². The Morgan fingerprint density at radius 2 is 2.17 bits per heavy atom. The fraction of sp³-hybridized carbons (Fsp3) is 1.00. The number of likely N-dealkylation sites (N-methyl/N-ethyl adjacent to an activating group) is 1. The van der Waals surface area contributed by atoms with Gasteiger partial charge in [0.1, 0.15) is 0 Å². The first-order valence-electron chi connectivity index (χ1n) is 4.62. The molecule has 3 nitrogen and oxygen atoms in total. The van der Waals surface area contributed by atoms with Crippen molar-refractivity contribution in [3.05, 3.63) is 0 Å². The normalized spacial score (nSPS) is 31.8. The van der Waals surface area contributed by atoms with Crippen molar-refractivity contribution in [2.75, 3.05) is 13.6 Å². The number of aliphatic hydroxyl groups is 1. The van der Waals surface area contributed by atoms with Crippen molar-refractivity contribution >= 4 is 0 Å². The molecule has 2 N–H and O–H groups in total. The SMILES string of the molecule is CCC(C)(C)NC1C(O)CN1C. The number of likely N-dealkylation sites (tertiary alicyclic amines) is 1. The molecule has 12 heavy (non-hydrogen) atoms. The van der Waals surface area contributed by atoms with Crippen molar-refractivity contribution in [3.8, 4) is 0 Å². The zero-order chi connectivity index (χ0) is 9.35. The summed E-state index contributed by atoms with van der Waals surface area (Å²) in [6, 6.07) is 0. The fourth-order valence-electron chi connectivity index (χ4n) is 1.37. The van der Waals surface area contributed by atoms with E-state index in [4.69, 9.17) is 0 Å². The first kappa shape index (κ1) is 9.96. The van der Waals surface area contributed by atoms with Crippen LogP contribution in [0.3, 0.4) is 0 Å². The van der Waals surface area contributed by atoms with Crippen LogP contribution in [0.2, 0.25) is 0 Å². The lowest BCUT2D eigenvalue weighted by molar-refractivity contribution is -0.0730. The van der Waals surface area contributed by atoms with Crippen LogP contribution in [-0.4, -0.2) is 41.4 Å². The second-order valence-electron chi connectivity index (χ2n) is 4.33. The van der Waals surface area contributed by atoms with Crippen molar-refractivity contribution in [2.45, 2.75) is 45.0 Å². The van der Waals surface area contributed by atoms with Crippen LogP contribution in [0.15, 0.2) is 0 Å². The second kappa shape index (κ2) is 3.32. The molecule has 0 aromatic heterocycles. The van der Waals surface area contributed by atoms with Crippen LogP contribution in [0.5, 0.6) is 0 Å². The number of hydrogen-bond donors (Lipinski definition) is 2. The van der Waals surface area contributed by atoms with E-state index in [1.807, 2.05) is 7.05 Å². The second-order valence-corrected chi connectivity index (χ2v) is 4.33. The highest BCUT2D eigenvalue weighted by atomic mass is 16.3. The standard InChI is InChI=1S/C9H20N2O/c1-5-9(2,3)10-8-7(12)6-11(8)4/h7-8,10,12H,5-6H2,1-4H3. The molecule has 2 atom stereocenters. The number of rotatable bonds is 3. The van der Waals surface area contributed by atoms with Gasteiger partial charge < -0.3 is 5.11 Å². The zero-order valence-corrected chi connectivity index (χ0v) is 8.46. The van der Waals surface area contributed by atoms with E-state index >= 15 is 0 Å². The molecule has 72 valence electrons. The summed E-state index contributed by atoms with van der Waals surface area (Å²) in [5.41, 5.74) is 0.125. The molecule has 0 bridgehead atoms. The van der Waals surface area contributed by atoms with E-state index in [1.54, 1.807) is 0 Å². The highest BCUT2D eigenvalue weighted by Crippen LogP contribution is 2.17. The van der Waals surface area contributed by atoms with Crippen LogP contribution in [0.25, 0.3) is 0 Å². The third-order valence-electron chi connectivity index (χ3n) is 2.74. The van der Waals surface area contributed by atoms with E-state index in [-0.39, 0.29) is 17.8 Å². The minimum absolute atomic E-state index is 0.125. The smallest absolute Gasteiger partial charge is 0.0953 e. The molecule has 0 spiro atoms. The van der Waals surface area contributed by atoms with E-state index < -0.39 is 0 Å². The van der Waals surface area contributed by atoms with Gasteiger partial charge in [0.05, 0.1) is 12.3 Å². The van der Waals surface area contributed by atoms with Crippen LogP contribution in [0, 0.1) is 0 Å². The summed E-state index contributed by atoms with van der Waals surface area (Å²) < 4.78 is 0. The molecule has 0 aromatic rings. The molecule has 1 saturated heterocycles. The fourth-order valence-corrected chi connectivity index (χ4v) is 1.37. The van der Waals surface area contributed by atoms with Crippen molar-refractivity contribution < 1.29 is 5.11 Å². The minimum Gasteiger partial charge on any atom is -0.389 e. The molecule has 0 aliphatic carbocycles. The van der Waals surface area contributed by atoms with Crippen molar-refractivity contribution in [3.63, 3.8) is 0 Å². The average molecular weight is 172 g/mol. The summed E-state index contributed by atoms with van der Waals surface area (Å²) in [5.74, 6) is 0. The Labute approximate surface area is 74.8 Å². The van der Waals surface area contributed by atoms with Gasteiger partial charge in [0.15, 0.2) is 0 Å². The van der Waals surface area contributed by atoms with E-state index in [0.29, 0.717) is 0 Å². The van der Waals surface area contributed by atoms with Gasteiger partial charge in [-0.1, -0.05) is 6.92 Å². The molecule has 0 amide bonds. The van der Waals surface area contributed by atoms with E-state index in [2.05, 4.69) is 31.0 Å². The lowest BCUT2D eigenvalue weighted by Gasteiger charge is -2.47. The number of β-amino-alcohol motifs (C(OH)–C–C–N with tert-alkyl or cyclic N) is 1.